The quantitative estimate of drug-likeness (QED) is 0.812. The first-order valence-corrected chi connectivity index (χ1v) is 9.50. The van der Waals surface area contributed by atoms with Crippen LogP contribution < -0.4 is 5.32 Å². The van der Waals surface area contributed by atoms with Crippen LogP contribution in [-0.4, -0.2) is 29.3 Å². The van der Waals surface area contributed by atoms with Crippen LogP contribution in [0.1, 0.15) is 41.7 Å². The Morgan fingerprint density at radius 3 is 2.07 bits per heavy atom. The standard InChI is InChI=1S/C23H30N2O2/c1-6-24-23(27)19(5)25(15-20-9-7-16(2)8-10-20)22(26)14-21-12-17(3)11-18(4)13-21/h7-13,19H,6,14-15H2,1-5H3,(H,24,27)/t19-/m0/s1. The van der Waals surface area contributed by atoms with E-state index >= 15 is 0 Å². The number of carbonyl (C=O) groups is 2. The predicted octanol–water partition coefficient (Wildman–Crippen LogP) is 3.71. The lowest BCUT2D eigenvalue weighted by atomic mass is 10.0. The molecule has 1 N–H and O–H groups in total. The molecule has 144 valence electrons. The van der Waals surface area contributed by atoms with Gasteiger partial charge >= 0.3 is 0 Å². The van der Waals surface area contributed by atoms with E-state index in [0.717, 1.165) is 22.3 Å². The van der Waals surface area contributed by atoms with Crippen LogP contribution in [-0.2, 0) is 22.6 Å². The van der Waals surface area contributed by atoms with Gasteiger partial charge in [-0.2, -0.15) is 0 Å². The number of nitrogens with one attached hydrogen (secondary N) is 1. The molecule has 0 radical (unpaired) electrons. The third-order valence-electron chi connectivity index (χ3n) is 4.63. The van der Waals surface area contributed by atoms with E-state index in [1.165, 1.54) is 5.56 Å². The number of nitrogens with zero attached hydrogens (tertiary/aromatic N) is 1. The molecule has 27 heavy (non-hydrogen) atoms. The van der Waals surface area contributed by atoms with Crippen LogP contribution in [0, 0.1) is 20.8 Å². The van der Waals surface area contributed by atoms with Gasteiger partial charge in [0.1, 0.15) is 6.04 Å². The summed E-state index contributed by atoms with van der Waals surface area (Å²) in [6.45, 7) is 10.7. The topological polar surface area (TPSA) is 49.4 Å². The van der Waals surface area contributed by atoms with E-state index < -0.39 is 6.04 Å². The molecule has 2 rings (SSSR count). The highest BCUT2D eigenvalue weighted by atomic mass is 16.2. The van der Waals surface area contributed by atoms with Gasteiger partial charge in [-0.05, 0) is 45.7 Å². The Bertz CT molecular complexity index is 776. The highest BCUT2D eigenvalue weighted by molar-refractivity contribution is 5.88. The average Bonchev–Trinajstić information content (AvgIpc) is 2.59. The first-order chi connectivity index (χ1) is 12.8. The number of hydrogen-bond donors (Lipinski definition) is 1. The smallest absolute Gasteiger partial charge is 0.242 e. The zero-order valence-corrected chi connectivity index (χ0v) is 17.0. The summed E-state index contributed by atoms with van der Waals surface area (Å²) in [7, 11) is 0. The van der Waals surface area contributed by atoms with E-state index in [1.807, 2.05) is 64.1 Å². The molecule has 0 spiro atoms. The molecular formula is C23H30N2O2. The maximum absolute atomic E-state index is 13.1. The highest BCUT2D eigenvalue weighted by Gasteiger charge is 2.25. The van der Waals surface area contributed by atoms with Crippen LogP contribution in [0.3, 0.4) is 0 Å². The van der Waals surface area contributed by atoms with Gasteiger partial charge in [0.2, 0.25) is 11.8 Å². The molecular weight excluding hydrogens is 336 g/mol. The van der Waals surface area contributed by atoms with Crippen LogP contribution >= 0.6 is 0 Å². The van der Waals surface area contributed by atoms with Crippen molar-refractivity contribution < 1.29 is 9.59 Å². The first-order valence-electron chi connectivity index (χ1n) is 9.50. The van der Waals surface area contributed by atoms with E-state index in [0.29, 0.717) is 13.1 Å². The molecule has 4 nitrogen and oxygen atoms in total. The highest BCUT2D eigenvalue weighted by Crippen LogP contribution is 2.15. The maximum Gasteiger partial charge on any atom is 0.242 e. The van der Waals surface area contributed by atoms with Gasteiger partial charge in [-0.25, -0.2) is 0 Å². The monoisotopic (exact) mass is 366 g/mol. The van der Waals surface area contributed by atoms with Gasteiger partial charge < -0.3 is 10.2 Å². The van der Waals surface area contributed by atoms with Gasteiger partial charge in [-0.3, -0.25) is 9.59 Å². The Labute approximate surface area is 162 Å². The third-order valence-corrected chi connectivity index (χ3v) is 4.63. The van der Waals surface area contributed by atoms with Crippen molar-refractivity contribution in [1.29, 1.82) is 0 Å². The molecule has 2 aromatic carbocycles. The largest absolute Gasteiger partial charge is 0.355 e. The SMILES string of the molecule is CCNC(=O)[C@H](C)N(Cc1ccc(C)cc1)C(=O)Cc1cc(C)cc(C)c1. The van der Waals surface area contributed by atoms with Crippen molar-refractivity contribution in [1.82, 2.24) is 10.2 Å². The lowest BCUT2D eigenvalue weighted by Gasteiger charge is -2.29. The minimum atomic E-state index is -0.523. The summed E-state index contributed by atoms with van der Waals surface area (Å²) in [5.41, 5.74) is 5.45. The second-order valence-electron chi connectivity index (χ2n) is 7.25. The average molecular weight is 367 g/mol. The molecule has 0 aliphatic heterocycles. The zero-order valence-electron chi connectivity index (χ0n) is 17.0. The number of amides is 2. The van der Waals surface area contributed by atoms with Crippen LogP contribution in [0.2, 0.25) is 0 Å². The van der Waals surface area contributed by atoms with Gasteiger partial charge in [0, 0.05) is 13.1 Å². The minimum absolute atomic E-state index is 0.0423. The molecule has 2 amide bonds. The fourth-order valence-electron chi connectivity index (χ4n) is 3.24. The Balaban J connectivity index is 2.24. The molecule has 0 aliphatic rings. The van der Waals surface area contributed by atoms with Crippen LogP contribution in [0.5, 0.6) is 0 Å². The van der Waals surface area contributed by atoms with Crippen LogP contribution in [0.25, 0.3) is 0 Å². The second-order valence-corrected chi connectivity index (χ2v) is 7.25. The molecule has 2 aromatic rings. The molecule has 0 aromatic heterocycles. The summed E-state index contributed by atoms with van der Waals surface area (Å²) in [5, 5.41) is 2.82. The van der Waals surface area contributed by atoms with Gasteiger partial charge in [-0.15, -0.1) is 0 Å². The summed E-state index contributed by atoms with van der Waals surface area (Å²) >= 11 is 0. The fourth-order valence-corrected chi connectivity index (χ4v) is 3.24. The minimum Gasteiger partial charge on any atom is -0.355 e. The van der Waals surface area contributed by atoms with Crippen molar-refractivity contribution in [2.24, 2.45) is 0 Å². The predicted molar refractivity (Wildman–Crippen MR) is 109 cm³/mol. The number of likely N-dealkylation sites (N-methyl/N-ethyl adjacent to an activating group) is 1. The van der Waals surface area contributed by atoms with Crippen molar-refractivity contribution in [3.63, 3.8) is 0 Å². The van der Waals surface area contributed by atoms with Crippen LogP contribution in [0.4, 0.5) is 0 Å². The van der Waals surface area contributed by atoms with Crippen molar-refractivity contribution in [2.45, 2.75) is 53.6 Å². The van der Waals surface area contributed by atoms with Gasteiger partial charge in [0.15, 0.2) is 0 Å². The molecule has 0 aliphatic carbocycles. The molecule has 0 heterocycles. The third kappa shape index (κ3) is 5.95. The van der Waals surface area contributed by atoms with E-state index in [2.05, 4.69) is 11.4 Å². The summed E-state index contributed by atoms with van der Waals surface area (Å²) in [4.78, 5) is 27.2. The van der Waals surface area contributed by atoms with Crippen molar-refractivity contribution in [3.05, 3.63) is 70.3 Å². The zero-order chi connectivity index (χ0) is 20.0. The van der Waals surface area contributed by atoms with Gasteiger partial charge in [0.25, 0.3) is 0 Å². The Morgan fingerprint density at radius 2 is 1.52 bits per heavy atom. The second kappa shape index (κ2) is 9.36. The van der Waals surface area contributed by atoms with Gasteiger partial charge in [0.05, 0.1) is 6.42 Å². The normalized spacial score (nSPS) is 11.7. The molecule has 1 atom stereocenters. The molecule has 0 saturated carbocycles. The van der Waals surface area contributed by atoms with Crippen molar-refractivity contribution in [3.8, 4) is 0 Å². The summed E-state index contributed by atoms with van der Waals surface area (Å²) < 4.78 is 0. The fraction of sp³-hybridized carbons (Fsp3) is 0.391. The lowest BCUT2D eigenvalue weighted by molar-refractivity contribution is -0.140. The van der Waals surface area contributed by atoms with E-state index in [9.17, 15) is 9.59 Å². The Hall–Kier alpha value is -2.62. The van der Waals surface area contributed by atoms with Crippen LogP contribution in [0.15, 0.2) is 42.5 Å². The lowest BCUT2D eigenvalue weighted by Crippen LogP contribution is -2.48. The van der Waals surface area contributed by atoms with Crippen molar-refractivity contribution in [2.75, 3.05) is 6.54 Å². The molecule has 0 fully saturated rings. The maximum atomic E-state index is 13.1. The number of carbonyl (C=O) groups excluding carboxylic acids is 2. The molecule has 0 unspecified atom stereocenters. The number of hydrogen-bond acceptors (Lipinski definition) is 2. The first kappa shape index (κ1) is 20.7. The summed E-state index contributed by atoms with van der Waals surface area (Å²) in [6.07, 6.45) is 0.290. The summed E-state index contributed by atoms with van der Waals surface area (Å²) in [5.74, 6) is -0.169. The number of benzene rings is 2. The molecule has 0 bridgehead atoms. The number of aryl methyl sites for hydroxylation is 3. The number of rotatable bonds is 7. The Morgan fingerprint density at radius 1 is 0.926 bits per heavy atom. The van der Waals surface area contributed by atoms with Gasteiger partial charge in [-0.1, -0.05) is 59.2 Å². The van der Waals surface area contributed by atoms with E-state index in [1.54, 1.807) is 11.8 Å². The Kier molecular flexibility index (Phi) is 7.17. The summed E-state index contributed by atoms with van der Waals surface area (Å²) in [6, 6.07) is 13.7. The van der Waals surface area contributed by atoms with E-state index in [4.69, 9.17) is 0 Å². The van der Waals surface area contributed by atoms with Crippen molar-refractivity contribution >= 4 is 11.8 Å². The molecule has 4 heteroatoms. The van der Waals surface area contributed by atoms with E-state index in [-0.39, 0.29) is 18.2 Å². The molecule has 0 saturated heterocycles.